The molecule has 32 heavy (non-hydrogen) atoms. The highest BCUT2D eigenvalue weighted by Crippen LogP contribution is 2.24. The summed E-state index contributed by atoms with van der Waals surface area (Å²) in [7, 11) is 0. The number of hydrogen-bond acceptors (Lipinski definition) is 5. The van der Waals surface area contributed by atoms with Crippen molar-refractivity contribution in [3.8, 4) is 11.1 Å². The maximum atomic E-state index is 13.2. The van der Waals surface area contributed by atoms with Crippen LogP contribution in [0, 0.1) is 5.82 Å². The summed E-state index contributed by atoms with van der Waals surface area (Å²) in [6.07, 6.45) is 9.23. The van der Waals surface area contributed by atoms with Crippen LogP contribution in [0.4, 0.5) is 10.1 Å². The molecule has 5 rings (SSSR count). The number of benzene rings is 1. The maximum Gasteiger partial charge on any atom is 0.234 e. The largest absolute Gasteiger partial charge is 0.368 e. The van der Waals surface area contributed by atoms with Crippen LogP contribution < -0.4 is 10.2 Å². The minimum atomic E-state index is -0.243. The van der Waals surface area contributed by atoms with E-state index in [1.807, 2.05) is 18.6 Å². The maximum absolute atomic E-state index is 13.2. The molecule has 1 unspecified atom stereocenters. The Morgan fingerprint density at radius 1 is 1.06 bits per heavy atom. The number of fused-ring (bicyclic) bond motifs is 1. The van der Waals surface area contributed by atoms with Crippen LogP contribution in [0.1, 0.15) is 12.2 Å². The standard InChI is InChI=1S/C24H27FN6O/c25-20-3-1-18(2-4-20)19-13-22(16-26-15-19)30-11-9-29(10-12-30)17-24(32)28-21-5-7-31-8-6-27-23(31)14-21/h1-4,6,8,13,15-16,21H,5,7,9-12,14,17H2,(H,28,32). The number of aryl methyl sites for hydroxylation is 1. The summed E-state index contributed by atoms with van der Waals surface area (Å²) in [5, 5.41) is 3.19. The van der Waals surface area contributed by atoms with Crippen molar-refractivity contribution in [1.82, 2.24) is 24.8 Å². The highest BCUT2D eigenvalue weighted by Gasteiger charge is 2.23. The Labute approximate surface area is 186 Å². The highest BCUT2D eigenvalue weighted by molar-refractivity contribution is 5.78. The number of aromatic nitrogens is 3. The van der Waals surface area contributed by atoms with Crippen LogP contribution in [0.15, 0.2) is 55.1 Å². The van der Waals surface area contributed by atoms with Gasteiger partial charge in [0.2, 0.25) is 5.91 Å². The van der Waals surface area contributed by atoms with Crippen molar-refractivity contribution in [1.29, 1.82) is 0 Å². The molecule has 1 saturated heterocycles. The minimum Gasteiger partial charge on any atom is -0.368 e. The second kappa shape index (κ2) is 9.08. The first-order valence-electron chi connectivity index (χ1n) is 11.1. The van der Waals surface area contributed by atoms with Crippen LogP contribution in [-0.2, 0) is 17.8 Å². The molecular formula is C24H27FN6O. The number of hydrogen-bond donors (Lipinski definition) is 1. The minimum absolute atomic E-state index is 0.0865. The van der Waals surface area contributed by atoms with E-state index in [1.165, 1.54) is 12.1 Å². The monoisotopic (exact) mass is 434 g/mol. The molecule has 0 saturated carbocycles. The summed E-state index contributed by atoms with van der Waals surface area (Å²) in [5.74, 6) is 0.892. The molecule has 4 heterocycles. The third-order valence-corrected chi connectivity index (χ3v) is 6.32. The topological polar surface area (TPSA) is 66.3 Å². The van der Waals surface area contributed by atoms with Crippen molar-refractivity contribution in [2.24, 2.45) is 0 Å². The molecule has 2 aromatic heterocycles. The lowest BCUT2D eigenvalue weighted by molar-refractivity contribution is -0.123. The lowest BCUT2D eigenvalue weighted by atomic mass is 10.1. The normalized spacial score (nSPS) is 18.9. The number of rotatable bonds is 5. The van der Waals surface area contributed by atoms with Gasteiger partial charge in [0.1, 0.15) is 11.6 Å². The number of nitrogens with zero attached hydrogens (tertiary/aromatic N) is 5. The quantitative estimate of drug-likeness (QED) is 0.668. The second-order valence-corrected chi connectivity index (χ2v) is 8.50. The molecule has 1 N–H and O–H groups in total. The van der Waals surface area contributed by atoms with Crippen LogP contribution in [0.25, 0.3) is 11.1 Å². The predicted octanol–water partition coefficient (Wildman–Crippen LogP) is 2.34. The summed E-state index contributed by atoms with van der Waals surface area (Å²) in [4.78, 5) is 25.8. The Hall–Kier alpha value is -3.26. The first kappa shape index (κ1) is 20.6. The van der Waals surface area contributed by atoms with Crippen LogP contribution >= 0.6 is 0 Å². The van der Waals surface area contributed by atoms with Gasteiger partial charge in [-0.15, -0.1) is 0 Å². The van der Waals surface area contributed by atoms with E-state index in [0.717, 1.165) is 68.2 Å². The first-order chi connectivity index (χ1) is 15.6. The van der Waals surface area contributed by atoms with Crippen LogP contribution in [-0.4, -0.2) is 64.1 Å². The van der Waals surface area contributed by atoms with Crippen LogP contribution in [0.3, 0.4) is 0 Å². The van der Waals surface area contributed by atoms with Gasteiger partial charge in [0.25, 0.3) is 0 Å². The molecule has 7 nitrogen and oxygen atoms in total. The second-order valence-electron chi connectivity index (χ2n) is 8.50. The van der Waals surface area contributed by atoms with Gasteiger partial charge in [-0.3, -0.25) is 14.7 Å². The Morgan fingerprint density at radius 3 is 2.69 bits per heavy atom. The number of nitrogens with one attached hydrogen (secondary N) is 1. The molecule has 0 radical (unpaired) electrons. The molecule has 8 heteroatoms. The molecule has 166 valence electrons. The van der Waals surface area contributed by atoms with Gasteiger partial charge in [-0.1, -0.05) is 12.1 Å². The zero-order chi connectivity index (χ0) is 21.9. The molecule has 1 atom stereocenters. The number of anilines is 1. The van der Waals surface area contributed by atoms with Crippen molar-refractivity contribution in [3.05, 3.63) is 66.8 Å². The van der Waals surface area contributed by atoms with Crippen molar-refractivity contribution >= 4 is 11.6 Å². The number of pyridine rings is 1. The van der Waals surface area contributed by atoms with Gasteiger partial charge >= 0.3 is 0 Å². The van der Waals surface area contributed by atoms with E-state index in [4.69, 9.17) is 0 Å². The molecule has 1 aromatic carbocycles. The Kier molecular flexibility index (Phi) is 5.85. The predicted molar refractivity (Wildman–Crippen MR) is 121 cm³/mol. The first-order valence-corrected chi connectivity index (χ1v) is 11.1. The molecular weight excluding hydrogens is 407 g/mol. The average Bonchev–Trinajstić information content (AvgIpc) is 3.28. The smallest absolute Gasteiger partial charge is 0.234 e. The van der Waals surface area contributed by atoms with Gasteiger partial charge in [-0.25, -0.2) is 9.37 Å². The van der Waals surface area contributed by atoms with Crippen LogP contribution in [0.2, 0.25) is 0 Å². The molecule has 1 amide bonds. The van der Waals surface area contributed by atoms with Crippen LogP contribution in [0.5, 0.6) is 0 Å². The molecule has 0 bridgehead atoms. The molecule has 1 fully saturated rings. The Morgan fingerprint density at radius 2 is 1.88 bits per heavy atom. The lowest BCUT2D eigenvalue weighted by Crippen LogP contribution is -2.51. The van der Waals surface area contributed by atoms with Crippen molar-refractivity contribution < 1.29 is 9.18 Å². The number of amides is 1. The fourth-order valence-electron chi connectivity index (χ4n) is 4.52. The highest BCUT2D eigenvalue weighted by atomic mass is 19.1. The molecule has 0 aliphatic carbocycles. The average molecular weight is 435 g/mol. The summed E-state index contributed by atoms with van der Waals surface area (Å²) in [6, 6.07) is 8.73. The zero-order valence-corrected chi connectivity index (χ0v) is 18.0. The van der Waals surface area contributed by atoms with E-state index in [9.17, 15) is 9.18 Å². The van der Waals surface area contributed by atoms with Gasteiger partial charge < -0.3 is 14.8 Å². The van der Waals surface area contributed by atoms with Gasteiger partial charge in [-0.05, 0) is 30.2 Å². The summed E-state index contributed by atoms with van der Waals surface area (Å²) >= 11 is 0. The van der Waals surface area contributed by atoms with Crippen molar-refractivity contribution in [2.75, 3.05) is 37.6 Å². The van der Waals surface area contributed by atoms with E-state index in [0.29, 0.717) is 6.54 Å². The van der Waals surface area contributed by atoms with E-state index in [2.05, 4.69) is 35.7 Å². The summed E-state index contributed by atoms with van der Waals surface area (Å²) in [6.45, 7) is 4.65. The molecule has 3 aromatic rings. The van der Waals surface area contributed by atoms with E-state index in [-0.39, 0.29) is 17.8 Å². The van der Waals surface area contributed by atoms with E-state index in [1.54, 1.807) is 18.3 Å². The number of piperazine rings is 1. The molecule has 2 aliphatic rings. The van der Waals surface area contributed by atoms with Gasteiger partial charge in [0.05, 0.1) is 18.4 Å². The number of carbonyl (C=O) groups excluding carboxylic acids is 1. The lowest BCUT2D eigenvalue weighted by Gasteiger charge is -2.36. The summed E-state index contributed by atoms with van der Waals surface area (Å²) in [5.41, 5.74) is 2.97. The third-order valence-electron chi connectivity index (χ3n) is 6.32. The molecule has 2 aliphatic heterocycles. The molecule has 0 spiro atoms. The number of halogens is 1. The Bertz CT molecular complexity index is 1070. The van der Waals surface area contributed by atoms with E-state index >= 15 is 0 Å². The zero-order valence-electron chi connectivity index (χ0n) is 18.0. The number of imidazole rings is 1. The SMILES string of the molecule is O=C(CN1CCN(c2cncc(-c3ccc(F)cc3)c2)CC1)NC1CCn2ccnc2C1. The fraction of sp³-hybridized carbons (Fsp3) is 0.375. The van der Waals surface area contributed by atoms with Crippen molar-refractivity contribution in [3.63, 3.8) is 0 Å². The van der Waals surface area contributed by atoms with Gasteiger partial charge in [-0.2, -0.15) is 0 Å². The van der Waals surface area contributed by atoms with Crippen molar-refractivity contribution in [2.45, 2.75) is 25.4 Å². The fourth-order valence-corrected chi connectivity index (χ4v) is 4.52. The van der Waals surface area contributed by atoms with Gasteiger partial charge in [0.15, 0.2) is 0 Å². The number of carbonyl (C=O) groups is 1. The third kappa shape index (κ3) is 4.65. The van der Waals surface area contributed by atoms with Gasteiger partial charge in [0, 0.05) is 69.3 Å². The Balaban J connectivity index is 1.12. The summed E-state index contributed by atoms with van der Waals surface area (Å²) < 4.78 is 15.4. The van der Waals surface area contributed by atoms with E-state index < -0.39 is 0 Å².